The molecule has 2 aromatic rings. The second kappa shape index (κ2) is 11.5. The lowest BCUT2D eigenvalue weighted by Gasteiger charge is -2.16. The van der Waals surface area contributed by atoms with Gasteiger partial charge in [-0.3, -0.25) is 19.2 Å². The molecule has 30 heavy (non-hydrogen) atoms. The topological polar surface area (TPSA) is 117 Å². The van der Waals surface area contributed by atoms with Crippen molar-refractivity contribution in [2.75, 3.05) is 62.8 Å². The summed E-state index contributed by atoms with van der Waals surface area (Å²) in [5.41, 5.74) is -0.881. The van der Waals surface area contributed by atoms with E-state index in [1.807, 2.05) is 14.1 Å². The van der Waals surface area contributed by atoms with Gasteiger partial charge < -0.3 is 25.6 Å². The van der Waals surface area contributed by atoms with Crippen LogP contribution in [0.25, 0.3) is 0 Å². The van der Waals surface area contributed by atoms with Crippen molar-refractivity contribution in [2.24, 2.45) is 0 Å². The maximum absolute atomic E-state index is 11.7. The van der Waals surface area contributed by atoms with Gasteiger partial charge in [0.25, 0.3) is 21.7 Å². The molecular formula is C21H32N4O5. The van der Waals surface area contributed by atoms with Crippen LogP contribution in [0.1, 0.15) is 39.0 Å². The van der Waals surface area contributed by atoms with Crippen molar-refractivity contribution in [1.82, 2.24) is 4.90 Å². The molecule has 9 heteroatoms. The number of hydrogen-bond donors (Lipinski definition) is 3. The van der Waals surface area contributed by atoms with E-state index in [2.05, 4.69) is 20.9 Å². The molecule has 0 unspecified atom stereocenters. The van der Waals surface area contributed by atoms with Crippen LogP contribution in [0, 0.1) is 0 Å². The second-order valence-corrected chi connectivity index (χ2v) is 7.56. The standard InChI is InChI=1S/C21H32N4O5/c1-4-30-21-16(19(28)20(21)29)24-11-8-6-5-7-10-22-14-15(18(27)17(14)26)23-12-9-13-25(2)3/h22-24H,4-13H2,1-3H3. The molecule has 0 bridgehead atoms. The summed E-state index contributed by atoms with van der Waals surface area (Å²) in [6.07, 6.45) is 4.49. The molecule has 0 amide bonds. The maximum atomic E-state index is 11.7. The fraction of sp³-hybridized carbons (Fsp3) is 0.619. The first-order chi connectivity index (χ1) is 14.4. The third-order valence-corrected chi connectivity index (χ3v) is 4.86. The summed E-state index contributed by atoms with van der Waals surface area (Å²) >= 11 is 0. The average Bonchev–Trinajstić information content (AvgIpc) is 2.73. The molecule has 3 N–H and O–H groups in total. The Kier molecular flexibility index (Phi) is 9.04. The van der Waals surface area contributed by atoms with Gasteiger partial charge in [0.1, 0.15) is 17.1 Å². The Morgan fingerprint density at radius 1 is 0.667 bits per heavy atom. The van der Waals surface area contributed by atoms with Crippen LogP contribution in [0.3, 0.4) is 0 Å². The second-order valence-electron chi connectivity index (χ2n) is 7.56. The van der Waals surface area contributed by atoms with Gasteiger partial charge in [-0.1, -0.05) is 12.8 Å². The van der Waals surface area contributed by atoms with E-state index in [4.69, 9.17) is 4.74 Å². The number of hydrogen-bond acceptors (Lipinski definition) is 9. The summed E-state index contributed by atoms with van der Waals surface area (Å²) in [6, 6.07) is 0. The number of ether oxygens (including phenoxy) is 1. The van der Waals surface area contributed by atoms with Crippen molar-refractivity contribution < 1.29 is 4.74 Å². The molecular weight excluding hydrogens is 388 g/mol. The van der Waals surface area contributed by atoms with Crippen LogP contribution in [-0.4, -0.2) is 51.8 Å². The van der Waals surface area contributed by atoms with Crippen molar-refractivity contribution in [2.45, 2.75) is 39.0 Å². The van der Waals surface area contributed by atoms with E-state index in [-0.39, 0.29) is 11.4 Å². The van der Waals surface area contributed by atoms with Gasteiger partial charge >= 0.3 is 0 Å². The number of unbranched alkanes of at least 4 members (excludes halogenated alkanes) is 3. The van der Waals surface area contributed by atoms with Gasteiger partial charge in [-0.2, -0.15) is 0 Å². The fourth-order valence-electron chi connectivity index (χ4n) is 3.18. The molecule has 0 spiro atoms. The predicted molar refractivity (Wildman–Crippen MR) is 121 cm³/mol. The van der Waals surface area contributed by atoms with Gasteiger partial charge in [-0.15, -0.1) is 0 Å². The first kappa shape index (κ1) is 23.6. The monoisotopic (exact) mass is 420 g/mol. The molecule has 0 aliphatic heterocycles. The first-order valence-corrected chi connectivity index (χ1v) is 10.5. The van der Waals surface area contributed by atoms with E-state index in [9.17, 15) is 19.2 Å². The Morgan fingerprint density at radius 2 is 1.13 bits per heavy atom. The molecule has 0 radical (unpaired) electrons. The van der Waals surface area contributed by atoms with Gasteiger partial charge in [-0.05, 0) is 46.8 Å². The van der Waals surface area contributed by atoms with E-state index < -0.39 is 21.7 Å². The zero-order valence-corrected chi connectivity index (χ0v) is 18.1. The number of nitrogens with zero attached hydrogens (tertiary/aromatic N) is 1. The zero-order valence-electron chi connectivity index (χ0n) is 18.1. The lowest BCUT2D eigenvalue weighted by atomic mass is 10.1. The summed E-state index contributed by atoms with van der Waals surface area (Å²) in [6.45, 7) is 4.90. The van der Waals surface area contributed by atoms with E-state index in [0.29, 0.717) is 37.6 Å². The molecule has 166 valence electrons. The Labute approximate surface area is 175 Å². The quantitative estimate of drug-likeness (QED) is 0.267. The molecule has 0 aromatic heterocycles. The predicted octanol–water partition coefficient (Wildman–Crippen LogP) is 0.725. The van der Waals surface area contributed by atoms with Crippen LogP contribution in [-0.2, 0) is 0 Å². The lowest BCUT2D eigenvalue weighted by Crippen LogP contribution is -2.38. The highest BCUT2D eigenvalue weighted by atomic mass is 16.5. The molecule has 0 aliphatic carbocycles. The van der Waals surface area contributed by atoms with E-state index in [1.165, 1.54) is 0 Å². The molecule has 0 fully saturated rings. The number of nitrogens with one attached hydrogen (secondary N) is 3. The largest absolute Gasteiger partial charge is 0.488 e. The zero-order chi connectivity index (χ0) is 22.1. The third-order valence-electron chi connectivity index (χ3n) is 4.86. The minimum absolute atomic E-state index is 0.144. The summed E-state index contributed by atoms with van der Waals surface area (Å²) < 4.78 is 5.16. The Balaban J connectivity index is 1.59. The van der Waals surface area contributed by atoms with Crippen LogP contribution in [0.2, 0.25) is 0 Å². The first-order valence-electron chi connectivity index (χ1n) is 10.5. The highest BCUT2D eigenvalue weighted by Gasteiger charge is 2.21. The smallest absolute Gasteiger partial charge is 0.272 e. The van der Waals surface area contributed by atoms with Gasteiger partial charge in [0, 0.05) is 19.6 Å². The summed E-state index contributed by atoms with van der Waals surface area (Å²) in [5, 5.41) is 9.11. The van der Waals surface area contributed by atoms with Gasteiger partial charge in [0.15, 0.2) is 5.75 Å². The fourth-order valence-corrected chi connectivity index (χ4v) is 3.18. The Hall–Kier alpha value is -2.68. The van der Waals surface area contributed by atoms with Crippen LogP contribution >= 0.6 is 0 Å². The third kappa shape index (κ3) is 5.91. The molecule has 2 aromatic carbocycles. The number of anilines is 3. The molecule has 0 saturated heterocycles. The lowest BCUT2D eigenvalue weighted by molar-refractivity contribution is 0.334. The minimum atomic E-state index is -0.560. The van der Waals surface area contributed by atoms with E-state index in [1.54, 1.807) is 6.92 Å². The molecule has 0 aliphatic rings. The van der Waals surface area contributed by atoms with Crippen molar-refractivity contribution >= 4 is 17.1 Å². The summed E-state index contributed by atoms with van der Waals surface area (Å²) in [4.78, 5) is 48.4. The highest BCUT2D eigenvalue weighted by Crippen LogP contribution is 2.17. The average molecular weight is 421 g/mol. The van der Waals surface area contributed by atoms with Crippen molar-refractivity contribution in [1.29, 1.82) is 0 Å². The number of rotatable bonds is 16. The highest BCUT2D eigenvalue weighted by molar-refractivity contribution is 5.73. The summed E-state index contributed by atoms with van der Waals surface area (Å²) in [7, 11) is 3.98. The minimum Gasteiger partial charge on any atom is -0.488 e. The Bertz CT molecular complexity index is 952. The molecule has 0 saturated carbocycles. The van der Waals surface area contributed by atoms with Crippen LogP contribution in [0.4, 0.5) is 17.1 Å². The van der Waals surface area contributed by atoms with Crippen molar-refractivity contribution in [3.05, 3.63) is 40.9 Å². The van der Waals surface area contributed by atoms with Gasteiger partial charge in [0.05, 0.1) is 6.61 Å². The van der Waals surface area contributed by atoms with Gasteiger partial charge in [-0.25, -0.2) is 0 Å². The van der Waals surface area contributed by atoms with E-state index in [0.717, 1.165) is 38.6 Å². The van der Waals surface area contributed by atoms with Crippen LogP contribution in [0.15, 0.2) is 19.2 Å². The molecule has 2 rings (SSSR count). The molecule has 9 nitrogen and oxygen atoms in total. The van der Waals surface area contributed by atoms with Gasteiger partial charge in [0.2, 0.25) is 0 Å². The summed E-state index contributed by atoms with van der Waals surface area (Å²) in [5.74, 6) is 0.144. The van der Waals surface area contributed by atoms with Crippen molar-refractivity contribution in [3.63, 3.8) is 0 Å². The molecule has 0 heterocycles. The van der Waals surface area contributed by atoms with Crippen molar-refractivity contribution in [3.8, 4) is 5.75 Å². The van der Waals surface area contributed by atoms with E-state index >= 15 is 0 Å². The normalized spacial score (nSPS) is 11.3. The van der Waals surface area contributed by atoms with Crippen LogP contribution < -0.4 is 42.4 Å². The van der Waals surface area contributed by atoms with Crippen LogP contribution in [0.5, 0.6) is 5.75 Å². The molecule has 0 atom stereocenters. The maximum Gasteiger partial charge on any atom is 0.272 e. The Morgan fingerprint density at radius 3 is 1.63 bits per heavy atom. The SMILES string of the molecule is CCOc1c(NCCCCCCNc2c(NCCCN(C)C)c(=O)c2=O)c(=O)c1=O.